The summed E-state index contributed by atoms with van der Waals surface area (Å²) in [4.78, 5) is 45.9. The topological polar surface area (TPSA) is 107 Å². The smallest absolute Gasteiger partial charge is 0.425 e. The number of aromatic nitrogens is 1. The Morgan fingerprint density at radius 3 is 1.98 bits per heavy atom. The largest absolute Gasteiger partial charge is 0.454 e. The number of pyridine rings is 1. The lowest BCUT2D eigenvalue weighted by Gasteiger charge is -2.52. The van der Waals surface area contributed by atoms with E-state index in [-0.39, 0.29) is 17.9 Å². The lowest BCUT2D eigenvalue weighted by molar-refractivity contribution is -0.958. The summed E-state index contributed by atoms with van der Waals surface area (Å²) in [6.45, 7) is 13.5. The number of nitrogens with one attached hydrogen (secondary N) is 1. The molecule has 10 nitrogen and oxygen atoms in total. The molecule has 250 valence electrons. The van der Waals surface area contributed by atoms with Gasteiger partial charge in [-0.1, -0.05) is 54.6 Å². The van der Waals surface area contributed by atoms with Crippen LogP contribution in [0.15, 0.2) is 78.9 Å². The highest BCUT2D eigenvalue weighted by Crippen LogP contribution is 2.38. The Morgan fingerprint density at radius 2 is 1.40 bits per heavy atom. The van der Waals surface area contributed by atoms with Crippen LogP contribution in [-0.4, -0.2) is 64.6 Å². The number of esters is 1. The number of hydrogen-bond donors (Lipinski definition) is 1. The highest BCUT2D eigenvalue weighted by atomic mass is 16.6. The first-order valence-corrected chi connectivity index (χ1v) is 16.3. The third kappa shape index (κ3) is 8.88. The molecule has 0 unspecified atom stereocenters. The van der Waals surface area contributed by atoms with Crippen molar-refractivity contribution in [3.8, 4) is 0 Å². The molecule has 2 aromatic carbocycles. The van der Waals surface area contributed by atoms with E-state index >= 15 is 0 Å². The molecule has 10 heteroatoms. The van der Waals surface area contributed by atoms with Gasteiger partial charge in [0.2, 0.25) is 0 Å². The number of quaternary nitrogens is 1. The van der Waals surface area contributed by atoms with E-state index in [1.165, 1.54) is 0 Å². The SMILES string of the molecule is CC(C)(C)OC(=O)N(C(=O)OC(C)(C)C)c1cccc(C[N+]23CCC(CC2)[C@@H](OC(=O)[C@H](Nc2ccccc2)c2ccccc2)C3)n1. The molecule has 0 spiro atoms. The maximum atomic E-state index is 13.8. The Kier molecular flexibility index (Phi) is 9.91. The molecule has 0 radical (unpaired) electrons. The maximum absolute atomic E-state index is 13.8. The number of fused-ring (bicyclic) bond motifs is 3. The van der Waals surface area contributed by atoms with Gasteiger partial charge in [0.25, 0.3) is 0 Å². The molecule has 2 amide bonds. The average Bonchev–Trinajstić information content (AvgIpc) is 2.99. The molecule has 4 heterocycles. The van der Waals surface area contributed by atoms with Gasteiger partial charge >= 0.3 is 18.2 Å². The van der Waals surface area contributed by atoms with Crippen molar-refractivity contribution in [2.75, 3.05) is 29.9 Å². The fourth-order valence-corrected chi connectivity index (χ4v) is 6.32. The number of hydrogen-bond acceptors (Lipinski definition) is 8. The third-order valence-electron chi connectivity index (χ3n) is 8.43. The molecule has 3 aliphatic rings. The minimum atomic E-state index is -0.855. The molecule has 1 aromatic heterocycles. The molecular formula is C37H47N4O6+. The summed E-state index contributed by atoms with van der Waals surface area (Å²) in [5.74, 6) is 0.125. The lowest BCUT2D eigenvalue weighted by atomic mass is 9.83. The van der Waals surface area contributed by atoms with E-state index in [9.17, 15) is 14.4 Å². The van der Waals surface area contributed by atoms with E-state index in [1.54, 1.807) is 53.7 Å². The normalized spacial score (nSPS) is 21.3. The second kappa shape index (κ2) is 13.7. The number of benzene rings is 2. The van der Waals surface area contributed by atoms with Gasteiger partial charge < -0.3 is 24.0 Å². The molecule has 0 saturated carbocycles. The van der Waals surface area contributed by atoms with Crippen LogP contribution < -0.4 is 10.2 Å². The summed E-state index contributed by atoms with van der Waals surface area (Å²) in [6.07, 6.45) is -0.0850. The number of imide groups is 1. The zero-order valence-electron chi connectivity index (χ0n) is 28.3. The molecular weight excluding hydrogens is 596 g/mol. The molecule has 0 aliphatic carbocycles. The molecule has 3 aliphatic heterocycles. The predicted molar refractivity (Wildman–Crippen MR) is 180 cm³/mol. The predicted octanol–water partition coefficient (Wildman–Crippen LogP) is 7.26. The number of amides is 2. The van der Waals surface area contributed by atoms with Crippen molar-refractivity contribution in [3.05, 3.63) is 90.1 Å². The molecule has 2 atom stereocenters. The summed E-state index contributed by atoms with van der Waals surface area (Å²) < 4.78 is 18.1. The number of carbonyl (C=O) groups is 3. The van der Waals surface area contributed by atoms with Crippen LogP contribution >= 0.6 is 0 Å². The van der Waals surface area contributed by atoms with Gasteiger partial charge in [0.15, 0.2) is 12.1 Å². The Hall–Kier alpha value is -4.44. The van der Waals surface area contributed by atoms with Crippen molar-refractivity contribution >= 4 is 29.7 Å². The van der Waals surface area contributed by atoms with E-state index in [2.05, 4.69) is 5.32 Å². The van der Waals surface area contributed by atoms with Crippen LogP contribution in [0.25, 0.3) is 0 Å². The monoisotopic (exact) mass is 643 g/mol. The average molecular weight is 644 g/mol. The lowest BCUT2D eigenvalue weighted by Crippen LogP contribution is -2.64. The summed E-state index contributed by atoms with van der Waals surface area (Å²) in [5.41, 5.74) is 0.751. The minimum absolute atomic E-state index is 0.136. The number of ether oxygens (including phenoxy) is 3. The molecule has 3 aromatic rings. The van der Waals surface area contributed by atoms with Crippen molar-refractivity contribution in [2.24, 2.45) is 5.92 Å². The number of nitrogens with zero attached hydrogens (tertiary/aromatic N) is 3. The van der Waals surface area contributed by atoms with Crippen LogP contribution in [0.2, 0.25) is 0 Å². The summed E-state index contributed by atoms with van der Waals surface area (Å²) in [5, 5.41) is 3.37. The van der Waals surface area contributed by atoms with Gasteiger partial charge in [-0.3, -0.25) is 0 Å². The van der Waals surface area contributed by atoms with Crippen LogP contribution in [0.4, 0.5) is 21.1 Å². The number of piperidine rings is 3. The van der Waals surface area contributed by atoms with Gasteiger partial charge in [0.05, 0.1) is 18.8 Å². The molecule has 1 N–H and O–H groups in total. The summed E-state index contributed by atoms with van der Waals surface area (Å²) in [7, 11) is 0. The highest BCUT2D eigenvalue weighted by molar-refractivity contribution is 6.08. The van der Waals surface area contributed by atoms with Gasteiger partial charge in [-0.25, -0.2) is 19.4 Å². The number of rotatable bonds is 8. The molecule has 47 heavy (non-hydrogen) atoms. The van der Waals surface area contributed by atoms with Gasteiger partial charge in [-0.15, -0.1) is 0 Å². The molecule has 6 rings (SSSR count). The van der Waals surface area contributed by atoms with Gasteiger partial charge in [0.1, 0.15) is 30.1 Å². The van der Waals surface area contributed by atoms with Gasteiger partial charge in [-0.05, 0) is 71.4 Å². The highest BCUT2D eigenvalue weighted by Gasteiger charge is 2.48. The van der Waals surface area contributed by atoms with Crippen molar-refractivity contribution in [1.82, 2.24) is 4.98 Å². The van der Waals surface area contributed by atoms with Crippen molar-refractivity contribution in [3.63, 3.8) is 0 Å². The van der Waals surface area contributed by atoms with Crippen molar-refractivity contribution < 1.29 is 33.1 Å². The van der Waals surface area contributed by atoms with Gasteiger partial charge in [-0.2, -0.15) is 4.90 Å². The zero-order chi connectivity index (χ0) is 33.8. The van der Waals surface area contributed by atoms with Crippen molar-refractivity contribution in [2.45, 2.75) is 84.3 Å². The van der Waals surface area contributed by atoms with Gasteiger partial charge in [0, 0.05) is 24.4 Å². The quantitative estimate of drug-likeness (QED) is 0.155. The maximum Gasteiger partial charge on any atom is 0.425 e. The standard InChI is InChI=1S/C37H47N4O6/c1-36(2,3)46-34(43)40(35(44)47-37(4,5)6)31-19-13-18-29(38-31)24-41-22-20-26(21-23-41)30(25-41)45-33(42)32(27-14-9-7-10-15-27)39-28-16-11-8-12-17-28/h7-19,26,30,32,39H,20-25H2,1-6H3/q+1/t26?,30-,32+,41?/m0/s1. The fourth-order valence-electron chi connectivity index (χ4n) is 6.32. The summed E-state index contributed by atoms with van der Waals surface area (Å²) in [6, 6.07) is 24.0. The minimum Gasteiger partial charge on any atom is -0.454 e. The van der Waals surface area contributed by atoms with E-state index in [0.717, 1.165) is 47.8 Å². The van der Waals surface area contributed by atoms with E-state index in [1.807, 2.05) is 66.7 Å². The summed E-state index contributed by atoms with van der Waals surface area (Å²) >= 11 is 0. The number of anilines is 2. The van der Waals surface area contributed by atoms with Crippen LogP contribution in [0.5, 0.6) is 0 Å². The fraction of sp³-hybridized carbons (Fsp3) is 0.459. The first-order valence-electron chi connectivity index (χ1n) is 16.3. The Balaban J connectivity index is 1.34. The van der Waals surface area contributed by atoms with Crippen LogP contribution in [0.3, 0.4) is 0 Å². The van der Waals surface area contributed by atoms with Crippen LogP contribution in [0, 0.1) is 5.92 Å². The van der Waals surface area contributed by atoms with E-state index < -0.39 is 29.4 Å². The molecule has 3 fully saturated rings. The van der Waals surface area contributed by atoms with E-state index in [0.29, 0.717) is 23.5 Å². The second-order valence-corrected chi connectivity index (χ2v) is 14.6. The number of carbonyl (C=O) groups excluding carboxylic acids is 3. The molecule has 3 saturated heterocycles. The number of para-hydroxylation sites is 1. The Bertz CT molecular complexity index is 1510. The zero-order valence-corrected chi connectivity index (χ0v) is 28.3. The first kappa shape index (κ1) is 33.9. The molecule has 2 bridgehead atoms. The Labute approximate surface area is 277 Å². The van der Waals surface area contributed by atoms with Crippen LogP contribution in [0.1, 0.15) is 71.7 Å². The van der Waals surface area contributed by atoms with Crippen molar-refractivity contribution in [1.29, 1.82) is 0 Å². The van der Waals surface area contributed by atoms with E-state index in [4.69, 9.17) is 19.2 Å². The Morgan fingerprint density at radius 1 is 0.830 bits per heavy atom. The second-order valence-electron chi connectivity index (χ2n) is 14.6. The third-order valence-corrected chi connectivity index (χ3v) is 8.43. The first-order chi connectivity index (χ1) is 22.2. The van der Waals surface area contributed by atoms with Crippen LogP contribution in [-0.2, 0) is 25.5 Å².